The molecule has 0 spiro atoms. The van der Waals surface area contributed by atoms with E-state index in [4.69, 9.17) is 10.5 Å². The van der Waals surface area contributed by atoms with Crippen molar-refractivity contribution in [2.75, 3.05) is 20.2 Å². The summed E-state index contributed by atoms with van der Waals surface area (Å²) in [5.41, 5.74) is 6.90. The van der Waals surface area contributed by atoms with Gasteiger partial charge in [0, 0.05) is 30.8 Å². The maximum absolute atomic E-state index is 12.6. The highest BCUT2D eigenvalue weighted by Gasteiger charge is 2.31. The topological polar surface area (TPSA) is 38.5 Å². The molecule has 0 radical (unpaired) electrons. The lowest BCUT2D eigenvalue weighted by molar-refractivity contribution is 0.0686. The molecule has 0 amide bonds. The first-order valence-electron chi connectivity index (χ1n) is 6.96. The van der Waals surface area contributed by atoms with Gasteiger partial charge in [-0.05, 0) is 26.0 Å². The fourth-order valence-corrected chi connectivity index (χ4v) is 2.89. The minimum Gasteiger partial charge on any atom is -0.377 e. The van der Waals surface area contributed by atoms with Crippen molar-refractivity contribution in [1.29, 1.82) is 0 Å². The predicted octanol–water partition coefficient (Wildman–Crippen LogP) is 2.73. The minimum atomic E-state index is -2.43. The number of likely N-dealkylation sites (N-methyl/N-ethyl adjacent to an activating group) is 1. The van der Waals surface area contributed by atoms with Crippen molar-refractivity contribution in [1.82, 2.24) is 4.90 Å². The molecule has 0 saturated carbocycles. The van der Waals surface area contributed by atoms with Crippen molar-refractivity contribution in [3.05, 3.63) is 35.4 Å². The van der Waals surface area contributed by atoms with E-state index in [1.54, 1.807) is 12.1 Å². The van der Waals surface area contributed by atoms with Crippen molar-refractivity contribution in [2.45, 2.75) is 38.0 Å². The molecular weight excluding hydrogens is 262 g/mol. The Bertz CT molecular complexity index is 424. The van der Waals surface area contributed by atoms with Crippen LogP contribution < -0.4 is 5.73 Å². The fraction of sp³-hybridized carbons (Fsp3) is 0.600. The lowest BCUT2D eigenvalue weighted by Gasteiger charge is -2.34. The quantitative estimate of drug-likeness (QED) is 0.903. The van der Waals surface area contributed by atoms with Gasteiger partial charge in [-0.25, -0.2) is 8.78 Å². The SMILES string of the molecule is CC1OCCC1N(C)C(CN)c1ccc(C(F)F)cc1. The molecule has 0 bridgehead atoms. The van der Waals surface area contributed by atoms with Crippen LogP contribution in [0.2, 0.25) is 0 Å². The smallest absolute Gasteiger partial charge is 0.263 e. The number of hydrogen-bond donors (Lipinski definition) is 1. The van der Waals surface area contributed by atoms with Crippen LogP contribution >= 0.6 is 0 Å². The molecule has 20 heavy (non-hydrogen) atoms. The molecular formula is C15H22F2N2O. The molecule has 0 aromatic heterocycles. The molecule has 1 aliphatic rings. The van der Waals surface area contributed by atoms with E-state index in [2.05, 4.69) is 11.8 Å². The largest absolute Gasteiger partial charge is 0.377 e. The first kappa shape index (κ1) is 15.4. The molecule has 2 N–H and O–H groups in total. The molecule has 1 fully saturated rings. The van der Waals surface area contributed by atoms with Crippen molar-refractivity contribution >= 4 is 0 Å². The summed E-state index contributed by atoms with van der Waals surface area (Å²) in [4.78, 5) is 2.20. The lowest BCUT2D eigenvalue weighted by atomic mass is 10.0. The molecule has 2 rings (SSSR count). The summed E-state index contributed by atoms with van der Waals surface area (Å²) >= 11 is 0. The summed E-state index contributed by atoms with van der Waals surface area (Å²) < 4.78 is 30.8. The third-order valence-electron chi connectivity index (χ3n) is 4.15. The molecule has 1 aromatic rings. The first-order chi connectivity index (χ1) is 9.54. The molecule has 3 nitrogen and oxygen atoms in total. The number of nitrogens with two attached hydrogens (primary N) is 1. The second kappa shape index (κ2) is 6.61. The Morgan fingerprint density at radius 2 is 1.90 bits per heavy atom. The van der Waals surface area contributed by atoms with Crippen LogP contribution in [0.5, 0.6) is 0 Å². The van der Waals surface area contributed by atoms with Gasteiger partial charge in [0.25, 0.3) is 6.43 Å². The van der Waals surface area contributed by atoms with Crippen molar-refractivity contribution in [3.63, 3.8) is 0 Å². The highest BCUT2D eigenvalue weighted by atomic mass is 19.3. The van der Waals surface area contributed by atoms with E-state index in [1.165, 1.54) is 12.1 Å². The molecule has 1 aliphatic heterocycles. The van der Waals surface area contributed by atoms with Crippen LogP contribution in [0.3, 0.4) is 0 Å². The fourth-order valence-electron chi connectivity index (χ4n) is 2.89. The van der Waals surface area contributed by atoms with Crippen LogP contribution in [-0.4, -0.2) is 37.2 Å². The van der Waals surface area contributed by atoms with Crippen LogP contribution in [0.15, 0.2) is 24.3 Å². The Kier molecular flexibility index (Phi) is 5.07. The standard InChI is InChI=1S/C15H22F2N2O/c1-10-13(7-8-20-10)19(2)14(9-18)11-3-5-12(6-4-11)15(16)17/h3-6,10,13-15H,7-9,18H2,1-2H3. The van der Waals surface area contributed by atoms with E-state index in [1.807, 2.05) is 7.05 Å². The van der Waals surface area contributed by atoms with Gasteiger partial charge in [0.05, 0.1) is 6.10 Å². The van der Waals surface area contributed by atoms with E-state index < -0.39 is 6.43 Å². The number of rotatable bonds is 5. The number of alkyl halides is 2. The van der Waals surface area contributed by atoms with Gasteiger partial charge < -0.3 is 10.5 Å². The number of ether oxygens (including phenoxy) is 1. The maximum Gasteiger partial charge on any atom is 0.263 e. The molecule has 3 atom stereocenters. The Labute approximate surface area is 118 Å². The van der Waals surface area contributed by atoms with E-state index in [9.17, 15) is 8.78 Å². The molecule has 0 aliphatic carbocycles. The third-order valence-corrected chi connectivity index (χ3v) is 4.15. The van der Waals surface area contributed by atoms with Gasteiger partial charge in [-0.2, -0.15) is 0 Å². The second-order valence-electron chi connectivity index (χ2n) is 5.32. The van der Waals surface area contributed by atoms with E-state index in [0.717, 1.165) is 18.6 Å². The molecule has 112 valence electrons. The summed E-state index contributed by atoms with van der Waals surface area (Å²) in [5.74, 6) is 0. The zero-order chi connectivity index (χ0) is 14.7. The van der Waals surface area contributed by atoms with E-state index >= 15 is 0 Å². The van der Waals surface area contributed by atoms with Crippen LogP contribution in [0.25, 0.3) is 0 Å². The van der Waals surface area contributed by atoms with Crippen LogP contribution in [0.1, 0.15) is 36.9 Å². The van der Waals surface area contributed by atoms with Gasteiger partial charge in [0.15, 0.2) is 0 Å². The predicted molar refractivity (Wildman–Crippen MR) is 74.8 cm³/mol. The average molecular weight is 284 g/mol. The number of halogens is 2. The normalized spacial score (nSPS) is 24.6. The molecule has 1 saturated heterocycles. The summed E-state index contributed by atoms with van der Waals surface area (Å²) in [5, 5.41) is 0. The average Bonchev–Trinajstić information content (AvgIpc) is 2.86. The summed E-state index contributed by atoms with van der Waals surface area (Å²) in [6, 6.07) is 6.79. The lowest BCUT2D eigenvalue weighted by Crippen LogP contribution is -2.42. The van der Waals surface area contributed by atoms with Crippen LogP contribution in [0.4, 0.5) is 8.78 Å². The highest BCUT2D eigenvalue weighted by molar-refractivity contribution is 5.26. The monoisotopic (exact) mass is 284 g/mol. The van der Waals surface area contributed by atoms with Gasteiger partial charge in [-0.3, -0.25) is 4.90 Å². The Balaban J connectivity index is 2.14. The molecule has 1 aromatic carbocycles. The van der Waals surface area contributed by atoms with E-state index in [-0.39, 0.29) is 17.7 Å². The zero-order valence-corrected chi connectivity index (χ0v) is 11.9. The first-order valence-corrected chi connectivity index (χ1v) is 6.96. The summed E-state index contributed by atoms with van der Waals surface area (Å²) in [7, 11) is 2.02. The molecule has 1 heterocycles. The second-order valence-corrected chi connectivity index (χ2v) is 5.32. The maximum atomic E-state index is 12.6. The molecule has 3 unspecified atom stereocenters. The highest BCUT2D eigenvalue weighted by Crippen LogP contribution is 2.28. The van der Waals surface area contributed by atoms with Gasteiger partial charge in [-0.1, -0.05) is 24.3 Å². The van der Waals surface area contributed by atoms with Crippen molar-refractivity contribution in [2.24, 2.45) is 5.73 Å². The number of nitrogens with zero attached hydrogens (tertiary/aromatic N) is 1. The molecule has 5 heteroatoms. The zero-order valence-electron chi connectivity index (χ0n) is 11.9. The van der Waals surface area contributed by atoms with Gasteiger partial charge >= 0.3 is 0 Å². The Morgan fingerprint density at radius 3 is 2.35 bits per heavy atom. The van der Waals surface area contributed by atoms with Gasteiger partial charge in [0.1, 0.15) is 0 Å². The number of benzene rings is 1. The van der Waals surface area contributed by atoms with E-state index in [0.29, 0.717) is 12.6 Å². The van der Waals surface area contributed by atoms with Crippen LogP contribution in [0, 0.1) is 0 Å². The third kappa shape index (κ3) is 3.16. The Hall–Kier alpha value is -1.04. The van der Waals surface area contributed by atoms with Gasteiger partial charge in [-0.15, -0.1) is 0 Å². The summed E-state index contributed by atoms with van der Waals surface area (Å²) in [6.07, 6.45) is -1.28. The van der Waals surface area contributed by atoms with Gasteiger partial charge in [0.2, 0.25) is 0 Å². The number of hydrogen-bond acceptors (Lipinski definition) is 3. The van der Waals surface area contributed by atoms with Crippen molar-refractivity contribution < 1.29 is 13.5 Å². The summed E-state index contributed by atoms with van der Waals surface area (Å²) in [6.45, 7) is 3.27. The van der Waals surface area contributed by atoms with Crippen molar-refractivity contribution in [3.8, 4) is 0 Å². The Morgan fingerprint density at radius 1 is 1.30 bits per heavy atom. The van der Waals surface area contributed by atoms with Crippen LogP contribution in [-0.2, 0) is 4.74 Å². The minimum absolute atomic E-state index is 0.0240.